The predicted molar refractivity (Wildman–Crippen MR) is 39.2 cm³/mol. The summed E-state index contributed by atoms with van der Waals surface area (Å²) in [5, 5.41) is 1.84. The maximum atomic E-state index is 10.9. The summed E-state index contributed by atoms with van der Waals surface area (Å²) in [5.74, 6) is 0.124. The summed E-state index contributed by atoms with van der Waals surface area (Å²) in [7, 11) is 1.89. The summed E-state index contributed by atoms with van der Waals surface area (Å²) in [6, 6.07) is 0. The third-order valence-corrected chi connectivity index (χ3v) is 1.62. The van der Waals surface area contributed by atoms with E-state index in [0.29, 0.717) is 6.42 Å². The minimum atomic E-state index is 0.124. The fourth-order valence-electron chi connectivity index (χ4n) is 1.42. The summed E-state index contributed by atoms with van der Waals surface area (Å²) < 4.78 is 0. The summed E-state index contributed by atoms with van der Waals surface area (Å²) in [6.45, 7) is 5.13. The van der Waals surface area contributed by atoms with Crippen LogP contribution >= 0.6 is 0 Å². The largest absolute Gasteiger partial charge is 0.289 e. The number of carbonyl (C=O) groups excluding carboxylic acids is 1. The van der Waals surface area contributed by atoms with Gasteiger partial charge in [0.05, 0.1) is 0 Å². The fourth-order valence-corrected chi connectivity index (χ4v) is 1.42. The van der Waals surface area contributed by atoms with Gasteiger partial charge in [-0.2, -0.15) is 0 Å². The highest BCUT2D eigenvalue weighted by Gasteiger charge is 2.28. The van der Waals surface area contributed by atoms with E-state index in [1.165, 1.54) is 0 Å². The van der Waals surface area contributed by atoms with Crippen molar-refractivity contribution in [3.05, 3.63) is 0 Å². The van der Waals surface area contributed by atoms with Gasteiger partial charge in [0.25, 0.3) is 0 Å². The number of hydrazine groups is 1. The Morgan fingerprint density at radius 3 is 2.60 bits per heavy atom. The second-order valence-electron chi connectivity index (χ2n) is 3.73. The third kappa shape index (κ3) is 1.70. The summed E-state index contributed by atoms with van der Waals surface area (Å²) >= 11 is 0. The highest BCUT2D eigenvalue weighted by atomic mass is 16.2. The first-order valence-electron chi connectivity index (χ1n) is 3.50. The zero-order valence-corrected chi connectivity index (χ0v) is 6.77. The predicted octanol–water partition coefficient (Wildman–Crippen LogP) is 0.379. The number of hydrogen-bond acceptors (Lipinski definition) is 2. The molecule has 0 aliphatic carbocycles. The monoisotopic (exact) mass is 142 g/mol. The Kier molecular flexibility index (Phi) is 1.68. The molecule has 0 aromatic heterocycles. The van der Waals surface area contributed by atoms with Crippen LogP contribution < -0.4 is 5.43 Å². The van der Waals surface area contributed by atoms with Gasteiger partial charge in [-0.15, -0.1) is 0 Å². The van der Waals surface area contributed by atoms with Crippen LogP contribution in [0.5, 0.6) is 0 Å². The van der Waals surface area contributed by atoms with Crippen LogP contribution in [0.4, 0.5) is 0 Å². The quantitative estimate of drug-likeness (QED) is 0.530. The summed E-state index contributed by atoms with van der Waals surface area (Å²) in [6.07, 6.45) is 0.636. The van der Waals surface area contributed by atoms with Crippen LogP contribution in [-0.2, 0) is 4.79 Å². The van der Waals surface area contributed by atoms with Crippen molar-refractivity contribution in [1.82, 2.24) is 10.4 Å². The molecule has 0 aromatic carbocycles. The first kappa shape index (κ1) is 7.54. The van der Waals surface area contributed by atoms with E-state index in [4.69, 9.17) is 0 Å². The number of amides is 1. The van der Waals surface area contributed by atoms with Crippen LogP contribution in [0.25, 0.3) is 0 Å². The fraction of sp³-hybridized carbons (Fsp3) is 0.857. The topological polar surface area (TPSA) is 32.3 Å². The highest BCUT2D eigenvalue weighted by Crippen LogP contribution is 2.23. The van der Waals surface area contributed by atoms with Gasteiger partial charge in [-0.1, -0.05) is 13.8 Å². The Morgan fingerprint density at radius 1 is 1.60 bits per heavy atom. The second-order valence-corrected chi connectivity index (χ2v) is 3.73. The normalized spacial score (nSPS) is 26.1. The molecule has 0 atom stereocenters. The van der Waals surface area contributed by atoms with E-state index in [1.54, 1.807) is 0 Å². The Bertz CT molecular complexity index is 154. The maximum absolute atomic E-state index is 10.9. The average molecular weight is 142 g/mol. The smallest absolute Gasteiger partial charge is 0.234 e. The SMILES string of the molecule is CN1CC(C)(C)CC(=O)N1. The molecule has 1 fully saturated rings. The van der Waals surface area contributed by atoms with Gasteiger partial charge >= 0.3 is 0 Å². The minimum absolute atomic E-state index is 0.124. The van der Waals surface area contributed by atoms with Gasteiger partial charge in [-0.3, -0.25) is 10.2 Å². The van der Waals surface area contributed by atoms with E-state index in [1.807, 2.05) is 12.1 Å². The van der Waals surface area contributed by atoms with Crippen molar-refractivity contribution in [2.45, 2.75) is 20.3 Å². The lowest BCUT2D eigenvalue weighted by atomic mass is 9.87. The lowest BCUT2D eigenvalue weighted by Gasteiger charge is -2.35. The number of rotatable bonds is 0. The van der Waals surface area contributed by atoms with Crippen LogP contribution in [0.2, 0.25) is 0 Å². The van der Waals surface area contributed by atoms with Crippen LogP contribution in [0.3, 0.4) is 0 Å². The van der Waals surface area contributed by atoms with E-state index >= 15 is 0 Å². The van der Waals surface area contributed by atoms with Crippen LogP contribution in [-0.4, -0.2) is 24.5 Å². The van der Waals surface area contributed by atoms with E-state index in [2.05, 4.69) is 19.3 Å². The highest BCUT2D eigenvalue weighted by molar-refractivity contribution is 5.76. The summed E-state index contributed by atoms with van der Waals surface area (Å²) in [4.78, 5) is 10.9. The molecule has 3 heteroatoms. The lowest BCUT2D eigenvalue weighted by Crippen LogP contribution is -2.51. The van der Waals surface area contributed by atoms with Crippen LogP contribution in [0.1, 0.15) is 20.3 Å². The van der Waals surface area contributed by atoms with E-state index in [9.17, 15) is 4.79 Å². The van der Waals surface area contributed by atoms with Crippen molar-refractivity contribution in [2.75, 3.05) is 13.6 Å². The lowest BCUT2D eigenvalue weighted by molar-refractivity contribution is -0.132. The molecular formula is C7H14N2O. The molecule has 1 rings (SSSR count). The van der Waals surface area contributed by atoms with E-state index in [-0.39, 0.29) is 11.3 Å². The first-order chi connectivity index (χ1) is 4.49. The molecule has 1 aliphatic heterocycles. The zero-order chi connectivity index (χ0) is 7.78. The molecule has 0 unspecified atom stereocenters. The van der Waals surface area contributed by atoms with Crippen LogP contribution in [0, 0.1) is 5.41 Å². The third-order valence-electron chi connectivity index (χ3n) is 1.62. The molecular weight excluding hydrogens is 128 g/mol. The molecule has 1 saturated heterocycles. The maximum Gasteiger partial charge on any atom is 0.234 e. The number of nitrogens with zero attached hydrogens (tertiary/aromatic N) is 1. The first-order valence-corrected chi connectivity index (χ1v) is 3.50. The Morgan fingerprint density at radius 2 is 2.20 bits per heavy atom. The van der Waals surface area contributed by atoms with Gasteiger partial charge in [-0.05, 0) is 5.41 Å². The molecule has 0 spiro atoms. The van der Waals surface area contributed by atoms with Crippen molar-refractivity contribution in [3.8, 4) is 0 Å². The van der Waals surface area contributed by atoms with Gasteiger partial charge in [-0.25, -0.2) is 5.01 Å². The molecule has 0 radical (unpaired) electrons. The molecule has 1 aliphatic rings. The average Bonchev–Trinajstić information content (AvgIpc) is 1.54. The van der Waals surface area contributed by atoms with E-state index in [0.717, 1.165) is 6.54 Å². The molecule has 1 heterocycles. The van der Waals surface area contributed by atoms with Crippen molar-refractivity contribution >= 4 is 5.91 Å². The van der Waals surface area contributed by atoms with Crippen molar-refractivity contribution in [3.63, 3.8) is 0 Å². The van der Waals surface area contributed by atoms with Gasteiger partial charge in [0, 0.05) is 20.0 Å². The molecule has 0 saturated carbocycles. The van der Waals surface area contributed by atoms with E-state index < -0.39 is 0 Å². The van der Waals surface area contributed by atoms with Crippen molar-refractivity contribution in [2.24, 2.45) is 5.41 Å². The molecule has 0 bridgehead atoms. The van der Waals surface area contributed by atoms with Gasteiger partial charge in [0.15, 0.2) is 0 Å². The van der Waals surface area contributed by atoms with Crippen molar-refractivity contribution in [1.29, 1.82) is 0 Å². The zero-order valence-electron chi connectivity index (χ0n) is 6.77. The Balaban J connectivity index is 2.59. The molecule has 10 heavy (non-hydrogen) atoms. The van der Waals surface area contributed by atoms with Crippen molar-refractivity contribution < 1.29 is 4.79 Å². The molecule has 3 nitrogen and oxygen atoms in total. The molecule has 0 aromatic rings. The Labute approximate surface area is 61.4 Å². The van der Waals surface area contributed by atoms with Gasteiger partial charge in [0.1, 0.15) is 0 Å². The number of hydrogen-bond donors (Lipinski definition) is 1. The van der Waals surface area contributed by atoms with Crippen LogP contribution in [0.15, 0.2) is 0 Å². The Hall–Kier alpha value is -0.570. The molecule has 58 valence electrons. The minimum Gasteiger partial charge on any atom is -0.289 e. The standard InChI is InChI=1S/C7H14N2O/c1-7(2)4-6(10)8-9(3)5-7/h4-5H2,1-3H3,(H,8,10). The second kappa shape index (κ2) is 2.23. The number of carbonyl (C=O) groups is 1. The molecule has 1 amide bonds. The van der Waals surface area contributed by atoms with Gasteiger partial charge in [0.2, 0.25) is 5.91 Å². The number of nitrogens with one attached hydrogen (secondary N) is 1. The van der Waals surface area contributed by atoms with Gasteiger partial charge < -0.3 is 0 Å². The molecule has 1 N–H and O–H groups in total. The summed E-state index contributed by atoms with van der Waals surface area (Å²) in [5.41, 5.74) is 2.87.